The third kappa shape index (κ3) is 2.98. The van der Waals surface area contributed by atoms with Gasteiger partial charge in [-0.05, 0) is 57.1 Å². The van der Waals surface area contributed by atoms with Crippen LogP contribution in [0.4, 0.5) is 14.5 Å². The molecule has 1 saturated carbocycles. The highest BCUT2D eigenvalue weighted by Gasteiger charge is 2.50. The molecule has 0 aromatic heterocycles. The summed E-state index contributed by atoms with van der Waals surface area (Å²) < 4.78 is 27.8. The largest absolute Gasteiger partial charge is 0.393 e. The standard InChI is InChI=1S/C20H26F2N2O2/c21-16-3-1-4-17(18(16)22)23-11-2-9-20(13-23)10-12-24(19(20)26)14-5-7-15(25)8-6-14/h1,3-4,14-15,25H,2,5-13H2. The second-order valence-corrected chi connectivity index (χ2v) is 8.09. The lowest BCUT2D eigenvalue weighted by Gasteiger charge is -2.41. The fraction of sp³-hybridized carbons (Fsp3) is 0.650. The molecule has 1 aromatic rings. The van der Waals surface area contributed by atoms with Crippen LogP contribution in [0.3, 0.4) is 0 Å². The molecule has 3 fully saturated rings. The van der Waals surface area contributed by atoms with Crippen molar-refractivity contribution < 1.29 is 18.7 Å². The van der Waals surface area contributed by atoms with Crippen LogP contribution in [0.25, 0.3) is 0 Å². The van der Waals surface area contributed by atoms with Crippen LogP contribution in [0.15, 0.2) is 18.2 Å². The summed E-state index contributed by atoms with van der Waals surface area (Å²) in [6, 6.07) is 4.45. The SMILES string of the molecule is O=C1N(C2CCC(O)CC2)CCC12CCCN(c1cccc(F)c1F)C2. The first-order chi connectivity index (χ1) is 12.5. The molecule has 2 aliphatic heterocycles. The first-order valence-electron chi connectivity index (χ1n) is 9.68. The number of anilines is 1. The molecule has 1 N–H and O–H groups in total. The molecule has 2 saturated heterocycles. The maximum absolute atomic E-state index is 14.2. The summed E-state index contributed by atoms with van der Waals surface area (Å²) in [4.78, 5) is 17.1. The summed E-state index contributed by atoms with van der Waals surface area (Å²) in [5.41, 5.74) is -0.219. The zero-order chi connectivity index (χ0) is 18.3. The quantitative estimate of drug-likeness (QED) is 0.877. The Hall–Kier alpha value is -1.69. The number of nitrogens with zero attached hydrogens (tertiary/aromatic N) is 2. The van der Waals surface area contributed by atoms with Crippen molar-refractivity contribution in [3.05, 3.63) is 29.8 Å². The number of aliphatic hydroxyl groups is 1. The monoisotopic (exact) mass is 364 g/mol. The molecule has 2 heterocycles. The third-order valence-corrected chi connectivity index (χ3v) is 6.50. The molecule has 0 radical (unpaired) electrons. The van der Waals surface area contributed by atoms with Gasteiger partial charge in [0.25, 0.3) is 0 Å². The Morgan fingerprint density at radius 3 is 2.62 bits per heavy atom. The van der Waals surface area contributed by atoms with Crippen molar-refractivity contribution in [3.63, 3.8) is 0 Å². The van der Waals surface area contributed by atoms with E-state index in [1.54, 1.807) is 6.07 Å². The van der Waals surface area contributed by atoms with Crippen molar-refractivity contribution in [3.8, 4) is 0 Å². The van der Waals surface area contributed by atoms with Gasteiger partial charge in [0.1, 0.15) is 0 Å². The van der Waals surface area contributed by atoms with Gasteiger partial charge in [-0.25, -0.2) is 8.78 Å². The second kappa shape index (κ2) is 6.80. The van der Waals surface area contributed by atoms with Crippen molar-refractivity contribution in [2.45, 2.75) is 57.1 Å². The van der Waals surface area contributed by atoms with E-state index in [4.69, 9.17) is 0 Å². The molecule has 3 aliphatic rings. The first-order valence-corrected chi connectivity index (χ1v) is 9.68. The van der Waals surface area contributed by atoms with Crippen molar-refractivity contribution >= 4 is 11.6 Å². The maximum atomic E-state index is 14.2. The van der Waals surface area contributed by atoms with Crippen molar-refractivity contribution in [2.75, 3.05) is 24.5 Å². The minimum atomic E-state index is -0.845. The van der Waals surface area contributed by atoms with Crippen molar-refractivity contribution in [2.24, 2.45) is 5.41 Å². The number of carbonyl (C=O) groups is 1. The fourth-order valence-electron chi connectivity index (χ4n) is 5.02. The molecule has 6 heteroatoms. The highest BCUT2D eigenvalue weighted by Crippen LogP contribution is 2.43. The highest BCUT2D eigenvalue weighted by atomic mass is 19.2. The third-order valence-electron chi connectivity index (χ3n) is 6.50. The van der Waals surface area contributed by atoms with Crippen LogP contribution >= 0.6 is 0 Å². The van der Waals surface area contributed by atoms with E-state index in [9.17, 15) is 18.7 Å². The van der Waals surface area contributed by atoms with Gasteiger partial charge < -0.3 is 14.9 Å². The number of amides is 1. The number of benzene rings is 1. The van der Waals surface area contributed by atoms with Crippen LogP contribution < -0.4 is 4.90 Å². The number of rotatable bonds is 2. The number of hydrogen-bond donors (Lipinski definition) is 1. The van der Waals surface area contributed by atoms with E-state index in [0.717, 1.165) is 57.6 Å². The number of hydrogen-bond acceptors (Lipinski definition) is 3. The highest BCUT2D eigenvalue weighted by molar-refractivity contribution is 5.86. The van der Waals surface area contributed by atoms with Crippen molar-refractivity contribution in [1.82, 2.24) is 4.90 Å². The van der Waals surface area contributed by atoms with E-state index in [-0.39, 0.29) is 23.7 Å². The number of aliphatic hydroxyl groups excluding tert-OH is 1. The molecule has 1 spiro atoms. The van der Waals surface area contributed by atoms with Gasteiger partial charge in [-0.2, -0.15) is 0 Å². The van der Waals surface area contributed by atoms with E-state index < -0.39 is 17.0 Å². The predicted octanol–water partition coefficient (Wildman–Crippen LogP) is 3.09. The first kappa shape index (κ1) is 17.7. The van der Waals surface area contributed by atoms with Crippen molar-refractivity contribution in [1.29, 1.82) is 0 Å². The van der Waals surface area contributed by atoms with Gasteiger partial charge >= 0.3 is 0 Å². The molecule has 142 valence electrons. The van der Waals surface area contributed by atoms with Gasteiger partial charge in [-0.15, -0.1) is 0 Å². The summed E-state index contributed by atoms with van der Waals surface area (Å²) >= 11 is 0. The molecule has 1 atom stereocenters. The summed E-state index contributed by atoms with van der Waals surface area (Å²) in [6.45, 7) is 1.84. The summed E-state index contributed by atoms with van der Waals surface area (Å²) in [7, 11) is 0. The maximum Gasteiger partial charge on any atom is 0.230 e. The number of likely N-dealkylation sites (tertiary alicyclic amines) is 1. The zero-order valence-corrected chi connectivity index (χ0v) is 15.0. The zero-order valence-electron chi connectivity index (χ0n) is 15.0. The van der Waals surface area contributed by atoms with Gasteiger partial charge in [-0.3, -0.25) is 4.79 Å². The summed E-state index contributed by atoms with van der Waals surface area (Å²) in [5, 5.41) is 9.71. The topological polar surface area (TPSA) is 43.8 Å². The normalized spacial score (nSPS) is 32.5. The number of piperidine rings is 1. The summed E-state index contributed by atoms with van der Waals surface area (Å²) in [5.74, 6) is -1.50. The molecular formula is C20H26F2N2O2. The van der Waals surface area contributed by atoms with Crippen LogP contribution in [-0.2, 0) is 4.79 Å². The van der Waals surface area contributed by atoms with E-state index >= 15 is 0 Å². The summed E-state index contributed by atoms with van der Waals surface area (Å²) in [6.07, 6.45) is 5.36. The van der Waals surface area contributed by atoms with Crippen LogP contribution in [0.2, 0.25) is 0 Å². The molecule has 4 nitrogen and oxygen atoms in total. The van der Waals surface area contributed by atoms with E-state index in [0.29, 0.717) is 13.1 Å². The van der Waals surface area contributed by atoms with Crippen LogP contribution in [0, 0.1) is 17.0 Å². The smallest absolute Gasteiger partial charge is 0.230 e. The van der Waals surface area contributed by atoms with E-state index in [1.807, 2.05) is 9.80 Å². The average Bonchev–Trinajstić information content (AvgIpc) is 2.94. The van der Waals surface area contributed by atoms with Crippen LogP contribution in [-0.4, -0.2) is 47.7 Å². The van der Waals surface area contributed by atoms with Crippen LogP contribution in [0.5, 0.6) is 0 Å². The Bertz CT molecular complexity index is 690. The minimum Gasteiger partial charge on any atom is -0.393 e. The molecule has 4 rings (SSSR count). The molecule has 1 amide bonds. The second-order valence-electron chi connectivity index (χ2n) is 8.09. The molecular weight excluding hydrogens is 338 g/mol. The van der Waals surface area contributed by atoms with Gasteiger partial charge in [-0.1, -0.05) is 6.07 Å². The van der Waals surface area contributed by atoms with Gasteiger partial charge in [0.15, 0.2) is 11.6 Å². The van der Waals surface area contributed by atoms with Gasteiger partial charge in [0.05, 0.1) is 17.2 Å². The fourth-order valence-corrected chi connectivity index (χ4v) is 5.02. The average molecular weight is 364 g/mol. The minimum absolute atomic E-state index is 0.167. The Labute approximate surface area is 152 Å². The lowest BCUT2D eigenvalue weighted by Crippen LogP contribution is -2.50. The Morgan fingerprint density at radius 1 is 1.08 bits per heavy atom. The lowest BCUT2D eigenvalue weighted by atomic mass is 9.78. The predicted molar refractivity (Wildman–Crippen MR) is 94.8 cm³/mol. The molecule has 0 bridgehead atoms. The van der Waals surface area contributed by atoms with Gasteiger partial charge in [0, 0.05) is 25.7 Å². The van der Waals surface area contributed by atoms with E-state index in [1.165, 1.54) is 6.07 Å². The van der Waals surface area contributed by atoms with Gasteiger partial charge in [0.2, 0.25) is 5.91 Å². The molecule has 1 aliphatic carbocycles. The number of halogens is 2. The number of carbonyl (C=O) groups excluding carboxylic acids is 1. The molecule has 1 aromatic carbocycles. The van der Waals surface area contributed by atoms with E-state index in [2.05, 4.69) is 0 Å². The Morgan fingerprint density at radius 2 is 1.85 bits per heavy atom. The molecule has 26 heavy (non-hydrogen) atoms. The van der Waals surface area contributed by atoms with Crippen LogP contribution in [0.1, 0.15) is 44.9 Å². The Kier molecular flexibility index (Phi) is 4.63. The lowest BCUT2D eigenvalue weighted by molar-refractivity contribution is -0.139. The Balaban J connectivity index is 1.52. The molecule has 1 unspecified atom stereocenters.